The van der Waals surface area contributed by atoms with E-state index in [-0.39, 0.29) is 12.8 Å². The number of amides is 2. The Morgan fingerprint density at radius 1 is 0.903 bits per heavy atom. The zero-order chi connectivity index (χ0) is 24.2. The zero-order valence-electron chi connectivity index (χ0n) is 19.8. The normalized spacial score (nSPS) is 13.5. The lowest BCUT2D eigenvalue weighted by atomic mass is 10.1. The van der Waals surface area contributed by atoms with Gasteiger partial charge in [-0.2, -0.15) is 0 Å². The van der Waals surface area contributed by atoms with Gasteiger partial charge in [-0.05, 0) is 67.2 Å². The van der Waals surface area contributed by atoms with Crippen molar-refractivity contribution in [2.75, 3.05) is 13.7 Å². The largest absolute Gasteiger partial charge is 0.467 e. The molecule has 0 aliphatic carbocycles. The van der Waals surface area contributed by atoms with Gasteiger partial charge in [0, 0.05) is 13.0 Å². The molecular weight excluding hydrogens is 406 g/mol. The average molecular weight is 446 g/mol. The summed E-state index contributed by atoms with van der Waals surface area (Å²) in [5.41, 5.74) is 4.66. The van der Waals surface area contributed by atoms with Gasteiger partial charge in [0.15, 0.2) is 0 Å². The first-order valence-corrected chi connectivity index (χ1v) is 10.5. The minimum absolute atomic E-state index is 0.00885. The Hall–Kier alpha value is -2.36. The maximum absolute atomic E-state index is 12.3. The van der Waals surface area contributed by atoms with E-state index in [9.17, 15) is 19.2 Å². The van der Waals surface area contributed by atoms with Crippen LogP contribution < -0.4 is 16.4 Å². The number of hydrogen-bond acceptors (Lipinski definition) is 8. The van der Waals surface area contributed by atoms with E-state index in [1.165, 1.54) is 7.11 Å². The minimum Gasteiger partial charge on any atom is -0.467 e. The van der Waals surface area contributed by atoms with Crippen LogP contribution >= 0.6 is 0 Å². The van der Waals surface area contributed by atoms with Crippen molar-refractivity contribution in [2.45, 2.75) is 96.9 Å². The van der Waals surface area contributed by atoms with E-state index < -0.39 is 47.2 Å². The molecule has 31 heavy (non-hydrogen) atoms. The Morgan fingerprint density at radius 3 is 2.00 bits per heavy atom. The second-order valence-corrected chi connectivity index (χ2v) is 9.24. The lowest BCUT2D eigenvalue weighted by Crippen LogP contribution is -2.49. The molecule has 4 N–H and O–H groups in total. The van der Waals surface area contributed by atoms with Crippen LogP contribution in [-0.4, -0.2) is 60.9 Å². The van der Waals surface area contributed by atoms with Crippen LogP contribution in [0.1, 0.15) is 73.6 Å². The molecule has 0 saturated heterocycles. The van der Waals surface area contributed by atoms with Crippen molar-refractivity contribution >= 4 is 23.9 Å². The van der Waals surface area contributed by atoms with Crippen LogP contribution in [0.15, 0.2) is 0 Å². The molecule has 0 aliphatic rings. The molecule has 0 bridgehead atoms. The lowest BCUT2D eigenvalue weighted by Gasteiger charge is -2.21. The van der Waals surface area contributed by atoms with Gasteiger partial charge in [-0.1, -0.05) is 0 Å². The van der Waals surface area contributed by atoms with Gasteiger partial charge in [-0.15, -0.1) is 0 Å². The van der Waals surface area contributed by atoms with Gasteiger partial charge in [0.1, 0.15) is 17.2 Å². The fourth-order valence-electron chi connectivity index (χ4n) is 2.45. The second kappa shape index (κ2) is 13.1. The van der Waals surface area contributed by atoms with Crippen LogP contribution in [0.4, 0.5) is 4.79 Å². The highest BCUT2D eigenvalue weighted by Crippen LogP contribution is 2.10. The number of carbonyl (C=O) groups excluding carboxylic acids is 4. The predicted molar refractivity (Wildman–Crippen MR) is 115 cm³/mol. The highest BCUT2D eigenvalue weighted by Gasteiger charge is 2.25. The van der Waals surface area contributed by atoms with Crippen LogP contribution in [0.3, 0.4) is 0 Å². The fourth-order valence-corrected chi connectivity index (χ4v) is 2.45. The molecular formula is C21H39N3O7. The van der Waals surface area contributed by atoms with Crippen molar-refractivity contribution in [3.63, 3.8) is 0 Å². The Balaban J connectivity index is 4.43. The van der Waals surface area contributed by atoms with Crippen molar-refractivity contribution < 1.29 is 33.4 Å². The third-order valence-electron chi connectivity index (χ3n) is 3.81. The molecule has 0 saturated carbocycles. The summed E-state index contributed by atoms with van der Waals surface area (Å²) in [4.78, 5) is 47.7. The van der Waals surface area contributed by atoms with Gasteiger partial charge in [0.25, 0.3) is 0 Å². The lowest BCUT2D eigenvalue weighted by molar-refractivity contribution is -0.155. The summed E-state index contributed by atoms with van der Waals surface area (Å²) in [7, 11) is 1.23. The summed E-state index contributed by atoms with van der Waals surface area (Å²) in [6, 6.07) is -1.83. The molecule has 0 aromatic carbocycles. The van der Waals surface area contributed by atoms with Crippen molar-refractivity contribution in [1.29, 1.82) is 0 Å². The minimum atomic E-state index is -0.964. The predicted octanol–water partition coefficient (Wildman–Crippen LogP) is 1.79. The average Bonchev–Trinajstić information content (AvgIpc) is 2.61. The Labute approximate surface area is 184 Å². The van der Waals surface area contributed by atoms with E-state index in [1.54, 1.807) is 41.5 Å². The van der Waals surface area contributed by atoms with Crippen molar-refractivity contribution in [1.82, 2.24) is 10.6 Å². The molecule has 0 radical (unpaired) electrons. The van der Waals surface area contributed by atoms with Gasteiger partial charge in [0.05, 0.1) is 13.2 Å². The summed E-state index contributed by atoms with van der Waals surface area (Å²) >= 11 is 0. The molecule has 0 aromatic heterocycles. The number of nitrogens with one attached hydrogen (secondary N) is 2. The standard InChI is InChI=1S/C21H39N3O7/c1-20(2,3)30-16(25)12-11-14(22)17(26)24-15(18(27)29-7)10-8-9-13-23-19(28)31-21(4,5)6/h14-15H,8-13,22H2,1-7H3,(H,23,28)(H,24,26). The monoisotopic (exact) mass is 445 g/mol. The molecule has 10 nitrogen and oxygen atoms in total. The Bertz CT molecular complexity index is 609. The van der Waals surface area contributed by atoms with Gasteiger partial charge < -0.3 is 30.6 Å². The van der Waals surface area contributed by atoms with E-state index >= 15 is 0 Å². The number of unbranched alkanes of at least 4 members (excludes halogenated alkanes) is 1. The molecule has 180 valence electrons. The molecule has 0 aromatic rings. The quantitative estimate of drug-likeness (QED) is 0.248. The summed E-state index contributed by atoms with van der Waals surface area (Å²) in [5.74, 6) is -1.59. The van der Waals surface area contributed by atoms with Gasteiger partial charge in [-0.25, -0.2) is 9.59 Å². The van der Waals surface area contributed by atoms with E-state index in [0.717, 1.165) is 0 Å². The molecule has 0 rings (SSSR count). The Kier molecular flexibility index (Phi) is 12.1. The maximum Gasteiger partial charge on any atom is 0.407 e. The molecule has 0 spiro atoms. The second-order valence-electron chi connectivity index (χ2n) is 9.24. The zero-order valence-corrected chi connectivity index (χ0v) is 19.8. The van der Waals surface area contributed by atoms with E-state index in [0.29, 0.717) is 25.8 Å². The molecule has 0 heterocycles. The maximum atomic E-state index is 12.3. The van der Waals surface area contributed by atoms with Crippen LogP contribution in [0.25, 0.3) is 0 Å². The first-order chi connectivity index (χ1) is 14.1. The van der Waals surface area contributed by atoms with Crippen molar-refractivity contribution in [3.05, 3.63) is 0 Å². The SMILES string of the molecule is COC(=O)C(CCCCNC(=O)OC(C)(C)C)NC(=O)C(N)CCC(=O)OC(C)(C)C. The van der Waals surface area contributed by atoms with Crippen LogP contribution in [0.2, 0.25) is 0 Å². The third kappa shape index (κ3) is 15.1. The molecule has 2 amide bonds. The summed E-state index contributed by atoms with van der Waals surface area (Å²) < 4.78 is 15.1. The summed E-state index contributed by atoms with van der Waals surface area (Å²) in [5, 5.41) is 5.20. The summed E-state index contributed by atoms with van der Waals surface area (Å²) in [6.45, 7) is 10.9. The number of alkyl carbamates (subject to hydrolysis) is 1. The molecule has 0 fully saturated rings. The number of nitrogens with two attached hydrogens (primary N) is 1. The highest BCUT2D eigenvalue weighted by atomic mass is 16.6. The molecule has 2 atom stereocenters. The molecule has 10 heteroatoms. The van der Waals surface area contributed by atoms with Gasteiger partial charge in [-0.3, -0.25) is 9.59 Å². The topological polar surface area (TPSA) is 146 Å². The van der Waals surface area contributed by atoms with Gasteiger partial charge >= 0.3 is 18.0 Å². The Morgan fingerprint density at radius 2 is 1.48 bits per heavy atom. The van der Waals surface area contributed by atoms with Crippen LogP contribution in [0, 0.1) is 0 Å². The number of rotatable bonds is 11. The summed E-state index contributed by atoms with van der Waals surface area (Å²) in [6.07, 6.45) is 1.00. The number of ether oxygens (including phenoxy) is 3. The smallest absolute Gasteiger partial charge is 0.407 e. The third-order valence-corrected chi connectivity index (χ3v) is 3.81. The highest BCUT2D eigenvalue weighted by molar-refractivity contribution is 5.87. The molecule has 2 unspecified atom stereocenters. The number of methoxy groups -OCH3 is 1. The van der Waals surface area contributed by atoms with E-state index in [4.69, 9.17) is 19.9 Å². The fraction of sp³-hybridized carbons (Fsp3) is 0.810. The van der Waals surface area contributed by atoms with E-state index in [1.807, 2.05) is 0 Å². The van der Waals surface area contributed by atoms with Crippen LogP contribution in [0.5, 0.6) is 0 Å². The number of esters is 2. The van der Waals surface area contributed by atoms with Gasteiger partial charge in [0.2, 0.25) is 5.91 Å². The van der Waals surface area contributed by atoms with Crippen molar-refractivity contribution in [3.8, 4) is 0 Å². The number of hydrogen-bond donors (Lipinski definition) is 3. The molecule has 0 aliphatic heterocycles. The first-order valence-electron chi connectivity index (χ1n) is 10.5. The van der Waals surface area contributed by atoms with E-state index in [2.05, 4.69) is 10.6 Å². The van der Waals surface area contributed by atoms with Crippen molar-refractivity contribution in [2.24, 2.45) is 5.73 Å². The first kappa shape index (κ1) is 28.6. The van der Waals surface area contributed by atoms with Crippen LogP contribution in [-0.2, 0) is 28.6 Å². The number of carbonyl (C=O) groups is 4.